The van der Waals surface area contributed by atoms with E-state index in [0.29, 0.717) is 5.69 Å². The van der Waals surface area contributed by atoms with Crippen molar-refractivity contribution in [1.82, 2.24) is 14.9 Å². The quantitative estimate of drug-likeness (QED) is 0.625. The minimum Gasteiger partial charge on any atom is -0.341 e. The summed E-state index contributed by atoms with van der Waals surface area (Å²) in [4.78, 5) is 19.0. The van der Waals surface area contributed by atoms with Gasteiger partial charge >= 0.3 is 0 Å². The van der Waals surface area contributed by atoms with E-state index in [-0.39, 0.29) is 12.5 Å². The lowest BCUT2D eigenvalue weighted by molar-refractivity contribution is 0.0807. The summed E-state index contributed by atoms with van der Waals surface area (Å²) in [7, 11) is 1.56. The summed E-state index contributed by atoms with van der Waals surface area (Å²) in [6.07, 6.45) is 2.85. The largest absolute Gasteiger partial charge is 0.341 e. The van der Waals surface area contributed by atoms with Crippen LogP contribution in [0.15, 0.2) is 12.5 Å². The zero-order valence-corrected chi connectivity index (χ0v) is 6.61. The maximum absolute atomic E-state index is 11.3. The molecule has 0 aliphatic rings. The Balaban J connectivity index is 2.67. The van der Waals surface area contributed by atoms with Gasteiger partial charge in [0, 0.05) is 7.05 Å². The molecule has 0 aromatic carbocycles. The zero-order valence-electron chi connectivity index (χ0n) is 6.61. The lowest BCUT2D eigenvalue weighted by Gasteiger charge is -2.10. The first-order valence-corrected chi connectivity index (χ1v) is 3.36. The highest BCUT2D eigenvalue weighted by molar-refractivity contribution is 5.91. The Kier molecular flexibility index (Phi) is 2.43. The van der Waals surface area contributed by atoms with Gasteiger partial charge in [0.1, 0.15) is 12.2 Å². The van der Waals surface area contributed by atoms with Crippen LogP contribution in [0.4, 0.5) is 0 Å². The van der Waals surface area contributed by atoms with E-state index in [9.17, 15) is 4.79 Å². The molecule has 0 aliphatic heterocycles. The van der Waals surface area contributed by atoms with Crippen LogP contribution >= 0.6 is 0 Å². The Hall–Kier alpha value is -1.83. The zero-order chi connectivity index (χ0) is 8.97. The van der Waals surface area contributed by atoms with Gasteiger partial charge in [-0.3, -0.25) is 4.79 Å². The number of rotatable bonds is 2. The molecule has 0 saturated heterocycles. The van der Waals surface area contributed by atoms with Gasteiger partial charge in [0.15, 0.2) is 0 Å². The van der Waals surface area contributed by atoms with E-state index in [2.05, 4.69) is 9.97 Å². The van der Waals surface area contributed by atoms with Gasteiger partial charge in [-0.1, -0.05) is 0 Å². The molecule has 1 aromatic rings. The third-order valence-corrected chi connectivity index (χ3v) is 1.38. The first-order valence-electron chi connectivity index (χ1n) is 3.36. The number of hydrogen-bond acceptors (Lipinski definition) is 3. The van der Waals surface area contributed by atoms with Crippen LogP contribution in [0.1, 0.15) is 10.5 Å². The van der Waals surface area contributed by atoms with Gasteiger partial charge in [0.05, 0.1) is 18.6 Å². The molecular weight excluding hydrogens is 156 g/mol. The van der Waals surface area contributed by atoms with Crippen LogP contribution < -0.4 is 0 Å². The summed E-state index contributed by atoms with van der Waals surface area (Å²) in [5.74, 6) is -0.228. The number of amides is 1. The van der Waals surface area contributed by atoms with Crippen LogP contribution in [-0.2, 0) is 0 Å². The van der Waals surface area contributed by atoms with Crippen LogP contribution in [0, 0.1) is 11.3 Å². The molecule has 0 bridgehead atoms. The third-order valence-electron chi connectivity index (χ3n) is 1.38. The first-order chi connectivity index (χ1) is 5.75. The summed E-state index contributed by atoms with van der Waals surface area (Å²) in [6, 6.07) is 1.88. The molecule has 0 aliphatic carbocycles. The SMILES string of the molecule is CN(CC#N)C(=O)c1cnc[nH]1. The fourth-order valence-electron chi connectivity index (χ4n) is 0.756. The van der Waals surface area contributed by atoms with Crippen molar-refractivity contribution in [3.8, 4) is 6.07 Å². The van der Waals surface area contributed by atoms with Crippen molar-refractivity contribution < 1.29 is 4.79 Å². The second-order valence-electron chi connectivity index (χ2n) is 2.28. The molecule has 62 valence electrons. The lowest BCUT2D eigenvalue weighted by atomic mass is 10.4. The third kappa shape index (κ3) is 1.61. The van der Waals surface area contributed by atoms with E-state index < -0.39 is 0 Å². The summed E-state index contributed by atoms with van der Waals surface area (Å²) < 4.78 is 0. The number of aromatic nitrogens is 2. The molecule has 1 rings (SSSR count). The lowest BCUT2D eigenvalue weighted by Crippen LogP contribution is -2.27. The van der Waals surface area contributed by atoms with E-state index in [1.54, 1.807) is 7.05 Å². The second-order valence-corrected chi connectivity index (χ2v) is 2.28. The molecule has 1 N–H and O–H groups in total. The number of carbonyl (C=O) groups is 1. The standard InChI is InChI=1S/C7H8N4O/c1-11(3-2-8)7(12)6-4-9-5-10-6/h4-5H,3H2,1H3,(H,9,10). The van der Waals surface area contributed by atoms with Crippen LogP contribution in [0.25, 0.3) is 0 Å². The number of carbonyl (C=O) groups excluding carboxylic acids is 1. The Bertz CT molecular complexity index is 298. The van der Waals surface area contributed by atoms with Gasteiger partial charge in [0.2, 0.25) is 0 Å². The molecule has 5 nitrogen and oxygen atoms in total. The summed E-state index contributed by atoms with van der Waals surface area (Å²) in [6.45, 7) is 0.0812. The molecule has 0 spiro atoms. The maximum Gasteiger partial charge on any atom is 0.272 e. The number of H-pyrrole nitrogens is 1. The predicted molar refractivity (Wildman–Crippen MR) is 41.2 cm³/mol. The van der Waals surface area contributed by atoms with Crippen molar-refractivity contribution in [2.24, 2.45) is 0 Å². The van der Waals surface area contributed by atoms with E-state index in [4.69, 9.17) is 5.26 Å². The Morgan fingerprint density at radius 1 is 1.92 bits per heavy atom. The molecule has 0 saturated carbocycles. The number of nitrogens with zero attached hydrogens (tertiary/aromatic N) is 3. The fourth-order valence-corrected chi connectivity index (χ4v) is 0.756. The van der Waals surface area contributed by atoms with Crippen LogP contribution in [0.2, 0.25) is 0 Å². The van der Waals surface area contributed by atoms with Gasteiger partial charge in [-0.25, -0.2) is 4.98 Å². The molecule has 12 heavy (non-hydrogen) atoms. The van der Waals surface area contributed by atoms with Gasteiger partial charge in [-0.2, -0.15) is 5.26 Å². The van der Waals surface area contributed by atoms with E-state index in [1.165, 1.54) is 17.4 Å². The van der Waals surface area contributed by atoms with E-state index >= 15 is 0 Å². The van der Waals surface area contributed by atoms with Crippen LogP contribution in [-0.4, -0.2) is 34.4 Å². The van der Waals surface area contributed by atoms with Crippen molar-refractivity contribution in [2.75, 3.05) is 13.6 Å². The molecule has 0 unspecified atom stereocenters. The minimum atomic E-state index is -0.228. The molecule has 0 atom stereocenters. The molecule has 1 heterocycles. The van der Waals surface area contributed by atoms with Crippen molar-refractivity contribution in [3.05, 3.63) is 18.2 Å². The normalized spacial score (nSPS) is 9.00. The number of imidazole rings is 1. The Morgan fingerprint density at radius 2 is 2.67 bits per heavy atom. The van der Waals surface area contributed by atoms with Crippen molar-refractivity contribution in [2.45, 2.75) is 0 Å². The molecule has 0 fully saturated rings. The number of nitrogens with one attached hydrogen (secondary N) is 1. The number of nitriles is 1. The van der Waals surface area contributed by atoms with Crippen molar-refractivity contribution in [3.63, 3.8) is 0 Å². The van der Waals surface area contributed by atoms with Crippen LogP contribution in [0.5, 0.6) is 0 Å². The van der Waals surface area contributed by atoms with Crippen molar-refractivity contribution >= 4 is 5.91 Å². The number of hydrogen-bond donors (Lipinski definition) is 1. The highest BCUT2D eigenvalue weighted by atomic mass is 16.2. The molecular formula is C7H8N4O. The molecule has 5 heteroatoms. The van der Waals surface area contributed by atoms with Gasteiger partial charge in [-0.05, 0) is 0 Å². The molecule has 1 aromatic heterocycles. The Morgan fingerprint density at radius 3 is 3.17 bits per heavy atom. The average molecular weight is 164 g/mol. The molecule has 0 radical (unpaired) electrons. The second kappa shape index (κ2) is 3.53. The number of aromatic amines is 1. The highest BCUT2D eigenvalue weighted by Crippen LogP contribution is 1.96. The van der Waals surface area contributed by atoms with Crippen molar-refractivity contribution in [1.29, 1.82) is 5.26 Å². The van der Waals surface area contributed by atoms with Crippen LogP contribution in [0.3, 0.4) is 0 Å². The minimum absolute atomic E-state index is 0.0812. The summed E-state index contributed by atoms with van der Waals surface area (Å²) in [5.41, 5.74) is 0.396. The fraction of sp³-hybridized carbons (Fsp3) is 0.286. The average Bonchev–Trinajstić information content (AvgIpc) is 2.55. The summed E-state index contributed by atoms with van der Waals surface area (Å²) >= 11 is 0. The topological polar surface area (TPSA) is 72.8 Å². The summed E-state index contributed by atoms with van der Waals surface area (Å²) in [5, 5.41) is 8.31. The van der Waals surface area contributed by atoms with Gasteiger partial charge < -0.3 is 9.88 Å². The van der Waals surface area contributed by atoms with E-state index in [0.717, 1.165) is 0 Å². The smallest absolute Gasteiger partial charge is 0.272 e. The monoisotopic (exact) mass is 164 g/mol. The highest BCUT2D eigenvalue weighted by Gasteiger charge is 2.11. The van der Waals surface area contributed by atoms with Gasteiger partial charge in [0.25, 0.3) is 5.91 Å². The Labute approximate surface area is 69.6 Å². The van der Waals surface area contributed by atoms with Gasteiger partial charge in [-0.15, -0.1) is 0 Å². The molecule has 1 amide bonds. The first kappa shape index (κ1) is 8.27. The maximum atomic E-state index is 11.3. The van der Waals surface area contributed by atoms with E-state index in [1.807, 2.05) is 6.07 Å². The predicted octanol–water partition coefficient (Wildman–Crippen LogP) is 0.00528.